The number of methoxy groups -OCH3 is 1. The Morgan fingerprint density at radius 3 is 3.10 bits per heavy atom. The van der Waals surface area contributed by atoms with Crippen LogP contribution in [0.15, 0.2) is 30.6 Å². The molecule has 1 fully saturated rings. The van der Waals surface area contributed by atoms with Crippen molar-refractivity contribution in [2.45, 2.75) is 31.4 Å². The second-order valence-corrected chi connectivity index (χ2v) is 6.79. The number of hydrogen-bond donors (Lipinski definition) is 4. The maximum Gasteiger partial charge on any atom is 0.256 e. The van der Waals surface area contributed by atoms with E-state index in [4.69, 9.17) is 8.85 Å². The van der Waals surface area contributed by atoms with Gasteiger partial charge in [-0.05, 0) is 31.4 Å². The van der Waals surface area contributed by atoms with Crippen LogP contribution in [0.1, 0.15) is 33.7 Å². The van der Waals surface area contributed by atoms with Gasteiger partial charge in [0.05, 0.1) is 23.5 Å². The van der Waals surface area contributed by atoms with Gasteiger partial charge in [-0.2, -0.15) is 9.61 Å². The van der Waals surface area contributed by atoms with Gasteiger partial charge >= 0.3 is 0 Å². The normalized spacial score (nSPS) is 20.6. The Balaban J connectivity index is 1.65. The fourth-order valence-corrected chi connectivity index (χ4v) is 3.42. The second kappa shape index (κ2) is 7.92. The summed E-state index contributed by atoms with van der Waals surface area (Å²) in [6.07, 6.45) is 4.32. The lowest BCUT2D eigenvalue weighted by Gasteiger charge is -2.13. The summed E-state index contributed by atoms with van der Waals surface area (Å²) >= 11 is 0. The van der Waals surface area contributed by atoms with Crippen molar-refractivity contribution in [3.63, 3.8) is 0 Å². The number of carbonyl (C=O) groups is 1. The van der Waals surface area contributed by atoms with Crippen LogP contribution >= 0.6 is 0 Å². The molecule has 10 heteroatoms. The van der Waals surface area contributed by atoms with Crippen molar-refractivity contribution in [1.82, 2.24) is 24.9 Å². The number of rotatable bonds is 6. The Hall–Kier alpha value is -3.40. The predicted molar refractivity (Wildman–Crippen MR) is 108 cm³/mol. The number of anilines is 3. The average molecular weight is 400 g/mol. The van der Waals surface area contributed by atoms with E-state index >= 15 is 0 Å². The van der Waals surface area contributed by atoms with Crippen LogP contribution < -0.4 is 20.7 Å². The van der Waals surface area contributed by atoms with E-state index in [1.165, 1.54) is 16.9 Å². The van der Waals surface area contributed by atoms with Crippen molar-refractivity contribution in [2.75, 3.05) is 24.7 Å². The highest BCUT2D eigenvalue weighted by Gasteiger charge is 2.26. The number of aliphatic hydroxyl groups is 1. The maximum atomic E-state index is 12.8. The minimum Gasteiger partial charge on any atom is -0.480 e. The molecule has 0 bridgehead atoms. The first kappa shape index (κ1) is 15.5. The predicted octanol–water partition coefficient (Wildman–Crippen LogP) is 1.56. The average Bonchev–Trinajstić information content (AvgIpc) is 3.33. The molecular formula is C19H23N7O3. The number of fused-ring (bicyclic) bond motifs is 1. The molecule has 0 aliphatic heterocycles. The van der Waals surface area contributed by atoms with Crippen molar-refractivity contribution in [2.24, 2.45) is 0 Å². The van der Waals surface area contributed by atoms with Crippen LogP contribution in [0.3, 0.4) is 0 Å². The number of pyridine rings is 1. The van der Waals surface area contributed by atoms with Gasteiger partial charge in [0, 0.05) is 25.4 Å². The van der Waals surface area contributed by atoms with Gasteiger partial charge < -0.3 is 25.8 Å². The zero-order chi connectivity index (χ0) is 22.9. The summed E-state index contributed by atoms with van der Waals surface area (Å²) in [6, 6.07) is 4.78. The molecule has 4 N–H and O–H groups in total. The van der Waals surface area contributed by atoms with Gasteiger partial charge in [0.2, 0.25) is 5.88 Å². The number of amides is 1. The lowest BCUT2D eigenvalue weighted by Crippen LogP contribution is -2.33. The number of nitrogens with one attached hydrogen (secondary N) is 3. The smallest absolute Gasteiger partial charge is 0.256 e. The third-order valence-electron chi connectivity index (χ3n) is 4.84. The Morgan fingerprint density at radius 2 is 2.34 bits per heavy atom. The van der Waals surface area contributed by atoms with E-state index < -0.39 is 13.1 Å². The molecule has 0 saturated heterocycles. The van der Waals surface area contributed by atoms with Crippen molar-refractivity contribution >= 4 is 28.9 Å². The molecule has 29 heavy (non-hydrogen) atoms. The third-order valence-corrected chi connectivity index (χ3v) is 4.84. The molecule has 4 rings (SSSR count). The van der Waals surface area contributed by atoms with Crippen LogP contribution in [-0.2, 0) is 0 Å². The molecule has 1 aliphatic rings. The Morgan fingerprint density at radius 1 is 1.45 bits per heavy atom. The topological polar surface area (TPSA) is 126 Å². The monoisotopic (exact) mass is 400 g/mol. The third kappa shape index (κ3) is 3.79. The van der Waals surface area contributed by atoms with Crippen LogP contribution in [-0.4, -0.2) is 56.8 Å². The number of nitrogens with zero attached hydrogens (tertiary/aromatic N) is 4. The molecule has 0 aromatic carbocycles. The van der Waals surface area contributed by atoms with Crippen LogP contribution in [0.5, 0.6) is 5.88 Å². The van der Waals surface area contributed by atoms with E-state index in [9.17, 15) is 9.90 Å². The van der Waals surface area contributed by atoms with Crippen LogP contribution in [0.4, 0.5) is 17.3 Å². The molecule has 0 radical (unpaired) electrons. The molecule has 1 saturated carbocycles. The summed E-state index contributed by atoms with van der Waals surface area (Å²) in [5.74, 6) is 0.441. The number of aromatic nitrogens is 4. The van der Waals surface area contributed by atoms with E-state index in [-0.39, 0.29) is 23.4 Å². The SMILES string of the molecule is [2H]C([2H])([2H])Oc1ncccc1Nc1cc(NC)n2ncc(C(=O)N[C@@H]3CC[C@@H](O)C3)c2n1. The summed E-state index contributed by atoms with van der Waals surface area (Å²) in [7, 11) is -0.962. The first-order valence-corrected chi connectivity index (χ1v) is 9.20. The summed E-state index contributed by atoms with van der Waals surface area (Å²) in [4.78, 5) is 21.3. The van der Waals surface area contributed by atoms with Crippen LogP contribution in [0, 0.1) is 0 Å². The summed E-state index contributed by atoms with van der Waals surface area (Å²) in [5, 5.41) is 22.9. The molecule has 1 aliphatic carbocycles. The minimum absolute atomic E-state index is 0.104. The van der Waals surface area contributed by atoms with Gasteiger partial charge in [-0.3, -0.25) is 4.79 Å². The first-order valence-electron chi connectivity index (χ1n) is 10.7. The van der Waals surface area contributed by atoms with Crippen molar-refractivity contribution in [3.05, 3.63) is 36.2 Å². The van der Waals surface area contributed by atoms with E-state index in [0.29, 0.717) is 42.2 Å². The van der Waals surface area contributed by atoms with Crippen molar-refractivity contribution < 1.29 is 18.8 Å². The lowest BCUT2D eigenvalue weighted by atomic mass is 10.2. The quantitative estimate of drug-likeness (QED) is 0.491. The zero-order valence-electron chi connectivity index (χ0n) is 18.7. The second-order valence-electron chi connectivity index (χ2n) is 6.79. The lowest BCUT2D eigenvalue weighted by molar-refractivity contribution is 0.0935. The Kier molecular flexibility index (Phi) is 4.24. The molecule has 152 valence electrons. The Bertz CT molecular complexity index is 1140. The highest BCUT2D eigenvalue weighted by atomic mass is 16.5. The molecule has 3 aromatic rings. The standard InChI is InChI=1S/C19H23N7O3/c1-20-16-9-15(24-14-4-3-7-21-19(14)29-2)25-17-13(10-22-26(16)17)18(28)23-11-5-6-12(27)8-11/h3-4,7,9-12,20,27H,5-6,8H2,1-2H3,(H,23,28)(H,24,25)/t11-,12-/m1/s1/i2D3. The fraction of sp³-hybridized carbons (Fsp3) is 0.368. The molecule has 0 spiro atoms. The fourth-order valence-electron chi connectivity index (χ4n) is 3.42. The molecular weight excluding hydrogens is 374 g/mol. The van der Waals surface area contributed by atoms with Gasteiger partial charge in [-0.25, -0.2) is 9.97 Å². The van der Waals surface area contributed by atoms with Crippen molar-refractivity contribution in [1.29, 1.82) is 0 Å². The van der Waals surface area contributed by atoms with Gasteiger partial charge in [0.25, 0.3) is 5.91 Å². The summed E-state index contributed by atoms with van der Waals surface area (Å²) in [5.41, 5.74) is 0.877. The number of ether oxygens (including phenoxy) is 1. The molecule has 1 amide bonds. The van der Waals surface area contributed by atoms with Gasteiger partial charge in [0.15, 0.2) is 5.65 Å². The van der Waals surface area contributed by atoms with E-state index in [1.54, 1.807) is 25.2 Å². The van der Waals surface area contributed by atoms with Crippen molar-refractivity contribution in [3.8, 4) is 5.88 Å². The first-order chi connectivity index (χ1) is 15.2. The number of aliphatic hydroxyl groups excluding tert-OH is 1. The highest BCUT2D eigenvalue weighted by molar-refractivity contribution is 6.00. The highest BCUT2D eigenvalue weighted by Crippen LogP contribution is 2.26. The minimum atomic E-state index is -2.66. The molecule has 2 atom stereocenters. The van der Waals surface area contributed by atoms with Gasteiger partial charge in [-0.1, -0.05) is 0 Å². The van der Waals surface area contributed by atoms with E-state index in [2.05, 4.69) is 31.0 Å². The zero-order valence-corrected chi connectivity index (χ0v) is 15.7. The number of hydrogen-bond acceptors (Lipinski definition) is 8. The van der Waals surface area contributed by atoms with E-state index in [0.717, 1.165) is 0 Å². The molecule has 3 aromatic heterocycles. The summed E-state index contributed by atoms with van der Waals surface area (Å²) < 4.78 is 28.4. The number of carbonyl (C=O) groups excluding carboxylic acids is 1. The van der Waals surface area contributed by atoms with Crippen LogP contribution in [0.2, 0.25) is 0 Å². The molecule has 10 nitrogen and oxygen atoms in total. The maximum absolute atomic E-state index is 12.8. The largest absolute Gasteiger partial charge is 0.480 e. The van der Waals surface area contributed by atoms with E-state index in [1.807, 2.05) is 0 Å². The molecule has 3 heterocycles. The van der Waals surface area contributed by atoms with Gasteiger partial charge in [-0.15, -0.1) is 0 Å². The molecule has 0 unspecified atom stereocenters. The van der Waals surface area contributed by atoms with Gasteiger partial charge in [0.1, 0.15) is 22.9 Å². The Labute approximate surface area is 171 Å². The summed E-state index contributed by atoms with van der Waals surface area (Å²) in [6.45, 7) is 0. The van der Waals surface area contributed by atoms with Crippen LogP contribution in [0.25, 0.3) is 5.65 Å².